The molecule has 18 heavy (non-hydrogen) atoms. The second kappa shape index (κ2) is 4.03. The first-order valence-electron chi connectivity index (χ1n) is 5.48. The monoisotopic (exact) mass is 238 g/mol. The Morgan fingerprint density at radius 3 is 3.06 bits per heavy atom. The third-order valence-corrected chi connectivity index (χ3v) is 2.87. The molecule has 5 heteroatoms. The standard InChI is InChI=1S/C13H10N4O/c14-13(18)8-1-2-11-9(3-8)4-15-5-10-6-16-7-17-12(10)11/h1-4,6-7H,5H2,(H2,14,18). The third-order valence-electron chi connectivity index (χ3n) is 2.87. The smallest absolute Gasteiger partial charge is 0.248 e. The second-order valence-electron chi connectivity index (χ2n) is 4.03. The molecule has 0 spiro atoms. The normalized spacial score (nSPS) is 12.4. The second-order valence-corrected chi connectivity index (χ2v) is 4.03. The molecule has 0 fully saturated rings. The van der Waals surface area contributed by atoms with Gasteiger partial charge >= 0.3 is 0 Å². The lowest BCUT2D eigenvalue weighted by Gasteiger charge is -2.07. The van der Waals surface area contributed by atoms with Gasteiger partial charge in [0, 0.05) is 34.7 Å². The number of aliphatic imine (C=N–C) groups is 1. The zero-order valence-corrected chi connectivity index (χ0v) is 9.50. The molecule has 1 amide bonds. The molecular weight excluding hydrogens is 228 g/mol. The van der Waals surface area contributed by atoms with Crippen LogP contribution in [0.1, 0.15) is 21.5 Å². The van der Waals surface area contributed by atoms with Gasteiger partial charge < -0.3 is 5.73 Å². The maximum Gasteiger partial charge on any atom is 0.248 e. The summed E-state index contributed by atoms with van der Waals surface area (Å²) in [7, 11) is 0. The van der Waals surface area contributed by atoms with Crippen LogP contribution in [0.3, 0.4) is 0 Å². The summed E-state index contributed by atoms with van der Waals surface area (Å²) in [5.41, 5.74) is 9.36. The molecule has 1 aliphatic heterocycles. The van der Waals surface area contributed by atoms with Crippen LogP contribution in [0.5, 0.6) is 0 Å². The molecule has 0 aliphatic carbocycles. The molecule has 88 valence electrons. The average molecular weight is 238 g/mol. The number of benzene rings is 1. The summed E-state index contributed by atoms with van der Waals surface area (Å²) in [6.07, 6.45) is 5.01. The van der Waals surface area contributed by atoms with Crippen molar-refractivity contribution >= 4 is 12.1 Å². The Labute approximate surface area is 103 Å². The molecule has 2 N–H and O–H groups in total. The zero-order valence-electron chi connectivity index (χ0n) is 9.50. The molecule has 1 aliphatic rings. The molecule has 1 aromatic heterocycles. The van der Waals surface area contributed by atoms with Crippen molar-refractivity contribution in [3.8, 4) is 11.3 Å². The maximum atomic E-state index is 11.2. The van der Waals surface area contributed by atoms with Crippen LogP contribution in [-0.4, -0.2) is 22.1 Å². The number of rotatable bonds is 1. The van der Waals surface area contributed by atoms with Crippen LogP contribution >= 0.6 is 0 Å². The first-order valence-corrected chi connectivity index (χ1v) is 5.48. The van der Waals surface area contributed by atoms with Crippen molar-refractivity contribution in [2.24, 2.45) is 10.7 Å². The molecule has 0 bridgehead atoms. The number of nitrogens with zero attached hydrogens (tertiary/aromatic N) is 3. The fourth-order valence-corrected chi connectivity index (χ4v) is 2.00. The Kier molecular flexibility index (Phi) is 2.37. The largest absolute Gasteiger partial charge is 0.366 e. The number of primary amides is 1. The SMILES string of the molecule is NC(=O)c1ccc2c(c1)C=NCc1cncnc1-2. The lowest BCUT2D eigenvalue weighted by molar-refractivity contribution is 0.100. The zero-order chi connectivity index (χ0) is 12.5. The molecule has 0 saturated heterocycles. The van der Waals surface area contributed by atoms with Crippen molar-refractivity contribution in [3.05, 3.63) is 47.4 Å². The molecule has 2 aromatic rings. The third kappa shape index (κ3) is 1.66. The minimum absolute atomic E-state index is 0.446. The van der Waals surface area contributed by atoms with Gasteiger partial charge in [0.1, 0.15) is 6.33 Å². The highest BCUT2D eigenvalue weighted by atomic mass is 16.1. The van der Waals surface area contributed by atoms with Gasteiger partial charge in [-0.15, -0.1) is 0 Å². The Bertz CT molecular complexity index is 664. The summed E-state index contributed by atoms with van der Waals surface area (Å²) in [6, 6.07) is 5.28. The topological polar surface area (TPSA) is 81.2 Å². The van der Waals surface area contributed by atoms with E-state index < -0.39 is 5.91 Å². The number of hydrogen-bond acceptors (Lipinski definition) is 4. The van der Waals surface area contributed by atoms with E-state index in [9.17, 15) is 4.79 Å². The molecule has 3 rings (SSSR count). The van der Waals surface area contributed by atoms with Crippen molar-refractivity contribution in [1.29, 1.82) is 0 Å². The van der Waals surface area contributed by atoms with Crippen LogP contribution < -0.4 is 5.73 Å². The van der Waals surface area contributed by atoms with Crippen molar-refractivity contribution < 1.29 is 4.79 Å². The lowest BCUT2D eigenvalue weighted by atomic mass is 10.00. The van der Waals surface area contributed by atoms with Gasteiger partial charge in [-0.3, -0.25) is 9.79 Å². The highest BCUT2D eigenvalue weighted by Crippen LogP contribution is 2.27. The number of nitrogens with two attached hydrogens (primary N) is 1. The van der Waals surface area contributed by atoms with Gasteiger partial charge in [-0.1, -0.05) is 6.07 Å². The Morgan fingerprint density at radius 2 is 2.22 bits per heavy atom. The quantitative estimate of drug-likeness (QED) is 0.809. The van der Waals surface area contributed by atoms with E-state index in [1.165, 1.54) is 6.33 Å². The minimum Gasteiger partial charge on any atom is -0.366 e. The van der Waals surface area contributed by atoms with E-state index in [0.717, 1.165) is 22.4 Å². The summed E-state index contributed by atoms with van der Waals surface area (Å²) in [5, 5.41) is 0. The Morgan fingerprint density at radius 1 is 1.33 bits per heavy atom. The fraction of sp³-hybridized carbons (Fsp3) is 0.0769. The van der Waals surface area contributed by atoms with Gasteiger partial charge in [0.25, 0.3) is 0 Å². The first-order chi connectivity index (χ1) is 8.75. The van der Waals surface area contributed by atoms with E-state index in [1.807, 2.05) is 6.07 Å². The first kappa shape index (κ1) is 10.6. The molecule has 0 radical (unpaired) electrons. The van der Waals surface area contributed by atoms with Gasteiger partial charge in [0.05, 0.1) is 12.2 Å². The number of aromatic nitrogens is 2. The molecule has 0 atom stereocenters. The Balaban J connectivity index is 2.24. The van der Waals surface area contributed by atoms with Crippen LogP contribution in [0.25, 0.3) is 11.3 Å². The van der Waals surface area contributed by atoms with E-state index in [4.69, 9.17) is 5.73 Å². The van der Waals surface area contributed by atoms with Gasteiger partial charge in [-0.05, 0) is 12.1 Å². The number of hydrogen-bond donors (Lipinski definition) is 1. The van der Waals surface area contributed by atoms with Crippen LogP contribution in [0, 0.1) is 0 Å². The molecule has 0 saturated carbocycles. The molecular formula is C13H10N4O. The lowest BCUT2D eigenvalue weighted by Crippen LogP contribution is -2.11. The summed E-state index contributed by atoms with van der Waals surface area (Å²) in [6.45, 7) is 0.538. The van der Waals surface area contributed by atoms with E-state index >= 15 is 0 Å². The van der Waals surface area contributed by atoms with Gasteiger partial charge in [-0.2, -0.15) is 0 Å². The molecule has 0 unspecified atom stereocenters. The van der Waals surface area contributed by atoms with Crippen LogP contribution in [0.4, 0.5) is 0 Å². The summed E-state index contributed by atoms with van der Waals surface area (Å²) < 4.78 is 0. The number of carbonyl (C=O) groups is 1. The highest BCUT2D eigenvalue weighted by Gasteiger charge is 2.14. The number of fused-ring (bicyclic) bond motifs is 3. The van der Waals surface area contributed by atoms with Crippen LogP contribution in [0.15, 0.2) is 35.7 Å². The molecule has 2 heterocycles. The van der Waals surface area contributed by atoms with Crippen LogP contribution in [-0.2, 0) is 6.54 Å². The van der Waals surface area contributed by atoms with Crippen molar-refractivity contribution in [2.45, 2.75) is 6.54 Å². The van der Waals surface area contributed by atoms with Gasteiger partial charge in [-0.25, -0.2) is 9.97 Å². The highest BCUT2D eigenvalue weighted by molar-refractivity contribution is 5.98. The van der Waals surface area contributed by atoms with E-state index in [1.54, 1.807) is 24.5 Å². The Hall–Kier alpha value is -2.56. The average Bonchev–Trinajstić information content (AvgIpc) is 2.57. The summed E-state index contributed by atoms with van der Waals surface area (Å²) in [5.74, 6) is -0.446. The van der Waals surface area contributed by atoms with Crippen LogP contribution in [0.2, 0.25) is 0 Å². The van der Waals surface area contributed by atoms with E-state index in [-0.39, 0.29) is 0 Å². The molecule has 5 nitrogen and oxygen atoms in total. The number of carbonyl (C=O) groups excluding carboxylic acids is 1. The predicted molar refractivity (Wildman–Crippen MR) is 67.3 cm³/mol. The predicted octanol–water partition coefficient (Wildman–Crippen LogP) is 1.18. The van der Waals surface area contributed by atoms with Crippen molar-refractivity contribution in [1.82, 2.24) is 9.97 Å². The summed E-state index contributed by atoms with van der Waals surface area (Å²) in [4.78, 5) is 23.8. The van der Waals surface area contributed by atoms with Gasteiger partial charge in [0.2, 0.25) is 5.91 Å². The summed E-state index contributed by atoms with van der Waals surface area (Å²) >= 11 is 0. The maximum absolute atomic E-state index is 11.2. The number of amides is 1. The fourth-order valence-electron chi connectivity index (χ4n) is 2.00. The van der Waals surface area contributed by atoms with E-state index in [2.05, 4.69) is 15.0 Å². The van der Waals surface area contributed by atoms with Crippen molar-refractivity contribution in [3.63, 3.8) is 0 Å². The molecule has 1 aromatic carbocycles. The van der Waals surface area contributed by atoms with Crippen molar-refractivity contribution in [2.75, 3.05) is 0 Å². The van der Waals surface area contributed by atoms with E-state index in [0.29, 0.717) is 12.1 Å². The minimum atomic E-state index is -0.446. The van der Waals surface area contributed by atoms with Gasteiger partial charge in [0.15, 0.2) is 0 Å².